The first-order valence-electron chi connectivity index (χ1n) is 6.20. The van der Waals surface area contributed by atoms with E-state index in [0.717, 1.165) is 12.1 Å². The van der Waals surface area contributed by atoms with E-state index < -0.39 is 0 Å². The topological polar surface area (TPSA) is 20.3 Å². The van der Waals surface area contributed by atoms with Gasteiger partial charge < -0.3 is 4.90 Å². The predicted octanol–water partition coefficient (Wildman–Crippen LogP) is 3.53. The molecule has 0 aliphatic carbocycles. The smallest absolute Gasteiger partial charge is 0.231 e. The summed E-state index contributed by atoms with van der Waals surface area (Å²) in [6.45, 7) is 8.32. The Morgan fingerprint density at radius 3 is 2.71 bits per heavy atom. The molecule has 1 aromatic carbocycles. The van der Waals surface area contributed by atoms with Gasteiger partial charge in [0.2, 0.25) is 5.91 Å². The molecule has 1 unspecified atom stereocenters. The molecule has 91 valence electrons. The van der Waals surface area contributed by atoms with Gasteiger partial charge in [0.05, 0.1) is 0 Å². The number of hydrogen-bond donors (Lipinski definition) is 0. The lowest BCUT2D eigenvalue weighted by Crippen LogP contribution is -2.51. The molecule has 1 aliphatic rings. The summed E-state index contributed by atoms with van der Waals surface area (Å²) in [5, 5.41) is 0. The number of carbonyl (C=O) groups is 1. The number of fused-ring (bicyclic) bond motifs is 1. The van der Waals surface area contributed by atoms with Crippen LogP contribution in [0.25, 0.3) is 0 Å². The van der Waals surface area contributed by atoms with E-state index in [1.165, 1.54) is 5.56 Å². The van der Waals surface area contributed by atoms with Gasteiger partial charge in [-0.05, 0) is 37.8 Å². The van der Waals surface area contributed by atoms with Crippen molar-refractivity contribution in [3.05, 3.63) is 36.2 Å². The fraction of sp³-hybridized carbons (Fsp3) is 0.467. The van der Waals surface area contributed by atoms with Crippen molar-refractivity contribution < 1.29 is 4.79 Å². The molecule has 0 saturated heterocycles. The predicted molar refractivity (Wildman–Crippen MR) is 71.0 cm³/mol. The molecule has 2 nitrogen and oxygen atoms in total. The second-order valence-electron chi connectivity index (χ2n) is 5.44. The highest BCUT2D eigenvalue weighted by Crippen LogP contribution is 2.43. The highest BCUT2D eigenvalue weighted by Gasteiger charge is 2.38. The van der Waals surface area contributed by atoms with E-state index in [1.54, 1.807) is 13.3 Å². The molecule has 0 fully saturated rings. The van der Waals surface area contributed by atoms with Gasteiger partial charge >= 0.3 is 0 Å². The van der Waals surface area contributed by atoms with E-state index >= 15 is 0 Å². The zero-order chi connectivity index (χ0) is 12.6. The van der Waals surface area contributed by atoms with Crippen LogP contribution in [0.1, 0.15) is 45.6 Å². The normalized spacial score (nSPS) is 22.1. The zero-order valence-corrected chi connectivity index (χ0v) is 11.0. The van der Waals surface area contributed by atoms with Gasteiger partial charge in [0, 0.05) is 17.6 Å². The molecule has 0 bridgehead atoms. The lowest BCUT2D eigenvalue weighted by molar-refractivity contribution is -0.116. The van der Waals surface area contributed by atoms with E-state index in [0.29, 0.717) is 5.92 Å². The van der Waals surface area contributed by atoms with Crippen LogP contribution in [0, 0.1) is 6.42 Å². The summed E-state index contributed by atoms with van der Waals surface area (Å²) in [7, 11) is 0. The maximum absolute atomic E-state index is 12.1. The van der Waals surface area contributed by atoms with Gasteiger partial charge in [-0.25, -0.2) is 0 Å². The summed E-state index contributed by atoms with van der Waals surface area (Å²) < 4.78 is 0. The summed E-state index contributed by atoms with van der Waals surface area (Å²) in [6, 6.07) is 8.23. The van der Waals surface area contributed by atoms with Crippen LogP contribution in [0.2, 0.25) is 0 Å². The van der Waals surface area contributed by atoms with Crippen LogP contribution >= 0.6 is 0 Å². The van der Waals surface area contributed by atoms with Gasteiger partial charge in [0.15, 0.2) is 0 Å². The van der Waals surface area contributed by atoms with Crippen molar-refractivity contribution in [1.82, 2.24) is 0 Å². The largest absolute Gasteiger partial charge is 0.306 e. The number of amides is 1. The molecule has 0 aromatic heterocycles. The molecule has 1 aliphatic heterocycles. The van der Waals surface area contributed by atoms with Crippen LogP contribution in [-0.4, -0.2) is 11.4 Å². The highest BCUT2D eigenvalue weighted by atomic mass is 16.2. The minimum absolute atomic E-state index is 0.0920. The monoisotopic (exact) mass is 230 g/mol. The second kappa shape index (κ2) is 4.17. The van der Waals surface area contributed by atoms with Gasteiger partial charge in [-0.3, -0.25) is 4.79 Å². The Kier molecular flexibility index (Phi) is 2.98. The lowest BCUT2D eigenvalue weighted by atomic mass is 9.80. The van der Waals surface area contributed by atoms with E-state index in [4.69, 9.17) is 0 Å². The first-order valence-corrected chi connectivity index (χ1v) is 6.20. The first kappa shape index (κ1) is 12.2. The van der Waals surface area contributed by atoms with Gasteiger partial charge in [-0.1, -0.05) is 32.0 Å². The third-order valence-corrected chi connectivity index (χ3v) is 3.59. The lowest BCUT2D eigenvalue weighted by Gasteiger charge is -2.45. The van der Waals surface area contributed by atoms with Crippen molar-refractivity contribution in [1.29, 1.82) is 0 Å². The Balaban J connectivity index is 2.55. The third kappa shape index (κ3) is 1.97. The highest BCUT2D eigenvalue weighted by molar-refractivity contribution is 6.01. The van der Waals surface area contributed by atoms with Crippen LogP contribution in [-0.2, 0) is 4.79 Å². The number of rotatable bonds is 1. The van der Waals surface area contributed by atoms with Crippen LogP contribution < -0.4 is 4.90 Å². The Morgan fingerprint density at radius 1 is 1.41 bits per heavy atom. The molecule has 17 heavy (non-hydrogen) atoms. The quantitative estimate of drug-likeness (QED) is 0.722. The number of benzene rings is 1. The maximum Gasteiger partial charge on any atom is 0.231 e. The number of nitrogens with zero attached hydrogens (tertiary/aromatic N) is 1. The maximum atomic E-state index is 12.1. The summed E-state index contributed by atoms with van der Waals surface area (Å²) >= 11 is 0. The van der Waals surface area contributed by atoms with Crippen LogP contribution in [0.3, 0.4) is 0 Å². The fourth-order valence-corrected chi connectivity index (χ4v) is 2.93. The summed E-state index contributed by atoms with van der Waals surface area (Å²) in [6.07, 6.45) is 2.65. The minimum Gasteiger partial charge on any atom is -0.306 e. The number of hydrogen-bond acceptors (Lipinski definition) is 1. The van der Waals surface area contributed by atoms with E-state index in [2.05, 4.69) is 26.8 Å². The van der Waals surface area contributed by atoms with Crippen LogP contribution in [0.15, 0.2) is 24.3 Å². The molecule has 1 atom stereocenters. The molecule has 0 N–H and O–H groups in total. The van der Waals surface area contributed by atoms with E-state index in [-0.39, 0.29) is 11.4 Å². The number of para-hydroxylation sites is 1. The summed E-state index contributed by atoms with van der Waals surface area (Å²) in [5.74, 6) is 0.594. The number of anilines is 1. The average Bonchev–Trinajstić information content (AvgIpc) is 2.27. The van der Waals surface area contributed by atoms with Gasteiger partial charge in [-0.2, -0.15) is 0 Å². The Morgan fingerprint density at radius 2 is 2.06 bits per heavy atom. The zero-order valence-electron chi connectivity index (χ0n) is 11.0. The molecule has 1 heterocycles. The van der Waals surface area contributed by atoms with E-state index in [1.807, 2.05) is 23.1 Å². The average molecular weight is 230 g/mol. The van der Waals surface area contributed by atoms with E-state index in [9.17, 15) is 4.79 Å². The van der Waals surface area contributed by atoms with Crippen LogP contribution in [0.4, 0.5) is 5.69 Å². The molecule has 0 saturated carbocycles. The van der Waals surface area contributed by atoms with Crippen molar-refractivity contribution in [3.63, 3.8) is 0 Å². The van der Waals surface area contributed by atoms with Crippen molar-refractivity contribution in [3.8, 4) is 0 Å². The summed E-state index contributed by atoms with van der Waals surface area (Å²) in [4.78, 5) is 14.1. The molecule has 2 rings (SSSR count). The van der Waals surface area contributed by atoms with Gasteiger partial charge in [-0.15, -0.1) is 0 Å². The Labute approximate surface area is 104 Å². The molecular formula is C15H20NO. The van der Waals surface area contributed by atoms with Gasteiger partial charge in [0.1, 0.15) is 0 Å². The van der Waals surface area contributed by atoms with Crippen molar-refractivity contribution in [2.75, 3.05) is 4.90 Å². The Bertz CT molecular complexity index is 436. The fourth-order valence-electron chi connectivity index (χ4n) is 2.93. The van der Waals surface area contributed by atoms with Crippen LogP contribution in [0.5, 0.6) is 0 Å². The Hall–Kier alpha value is -1.31. The second-order valence-corrected chi connectivity index (χ2v) is 5.44. The molecule has 0 spiro atoms. The van der Waals surface area contributed by atoms with Gasteiger partial charge in [0.25, 0.3) is 0 Å². The standard InChI is InChI=1S/C15H20NO/c1-5-14(17)16-13-9-7-6-8-12(13)11(2)10-15(16,3)4/h5-9,11H,10H2,1-4H3. The molecule has 1 aromatic rings. The number of carbonyl (C=O) groups excluding carboxylic acids is 1. The van der Waals surface area contributed by atoms with Crippen molar-refractivity contribution >= 4 is 11.6 Å². The SMILES string of the molecule is C[CH]C(=O)N1c2ccccc2C(C)CC1(C)C. The molecular weight excluding hydrogens is 210 g/mol. The minimum atomic E-state index is -0.114. The molecule has 1 amide bonds. The summed E-state index contributed by atoms with van der Waals surface area (Å²) in [5.41, 5.74) is 2.23. The molecule has 2 heteroatoms. The third-order valence-electron chi connectivity index (χ3n) is 3.59. The van der Waals surface area contributed by atoms with Crippen molar-refractivity contribution in [2.45, 2.75) is 45.6 Å². The molecule has 1 radical (unpaired) electrons. The first-order chi connectivity index (χ1) is 7.97. The van der Waals surface area contributed by atoms with Crippen molar-refractivity contribution in [2.24, 2.45) is 0 Å².